The van der Waals surface area contributed by atoms with Gasteiger partial charge in [0.05, 0.1) is 18.7 Å². The van der Waals surface area contributed by atoms with Crippen LogP contribution in [0.25, 0.3) is 0 Å². The molecule has 1 aliphatic rings. The molecule has 1 aromatic heterocycles. The number of nitrogens with zero attached hydrogens (tertiary/aromatic N) is 2. The van der Waals surface area contributed by atoms with Crippen LogP contribution in [0.5, 0.6) is 0 Å². The first-order valence-corrected chi connectivity index (χ1v) is 9.66. The Morgan fingerprint density at radius 1 is 1.33 bits per heavy atom. The fourth-order valence-electron chi connectivity index (χ4n) is 3.54. The summed E-state index contributed by atoms with van der Waals surface area (Å²) in [5.41, 5.74) is 2.23. The highest BCUT2D eigenvalue weighted by molar-refractivity contribution is 5.98. The van der Waals surface area contributed by atoms with Gasteiger partial charge in [-0.1, -0.05) is 12.1 Å². The van der Waals surface area contributed by atoms with Gasteiger partial charge in [0.15, 0.2) is 0 Å². The van der Waals surface area contributed by atoms with Crippen LogP contribution in [0.15, 0.2) is 52.4 Å². The van der Waals surface area contributed by atoms with Gasteiger partial charge in [-0.05, 0) is 42.2 Å². The van der Waals surface area contributed by atoms with Crippen LogP contribution >= 0.6 is 0 Å². The Bertz CT molecular complexity index is 908. The van der Waals surface area contributed by atoms with Crippen molar-refractivity contribution in [1.82, 2.24) is 5.32 Å². The molecule has 0 spiro atoms. The van der Waals surface area contributed by atoms with Crippen molar-refractivity contribution < 1.29 is 23.9 Å². The van der Waals surface area contributed by atoms with Gasteiger partial charge >= 0.3 is 5.97 Å². The summed E-state index contributed by atoms with van der Waals surface area (Å²) in [6.45, 7) is 0.569. The zero-order chi connectivity index (χ0) is 21.5. The van der Waals surface area contributed by atoms with E-state index in [9.17, 15) is 19.5 Å². The molecule has 2 unspecified atom stereocenters. The Hall–Kier alpha value is -3.62. The van der Waals surface area contributed by atoms with Crippen molar-refractivity contribution in [2.75, 3.05) is 11.4 Å². The Balaban J connectivity index is 1.61. The number of piperidine rings is 1. The number of hydrazone groups is 1. The molecule has 9 heteroatoms. The summed E-state index contributed by atoms with van der Waals surface area (Å²) in [6, 6.07) is 7.80. The highest BCUT2D eigenvalue weighted by Crippen LogP contribution is 2.26. The normalized spacial score (nSPS) is 17.8. The molecule has 0 saturated carbocycles. The highest BCUT2D eigenvalue weighted by Gasteiger charge is 2.32. The lowest BCUT2D eigenvalue weighted by Gasteiger charge is -2.32. The number of nitrogens with one attached hydrogen (secondary N) is 1. The summed E-state index contributed by atoms with van der Waals surface area (Å²) >= 11 is 0. The van der Waals surface area contributed by atoms with E-state index in [0.717, 1.165) is 17.7 Å². The molecule has 0 radical (unpaired) electrons. The van der Waals surface area contributed by atoms with Gasteiger partial charge in [0, 0.05) is 31.0 Å². The highest BCUT2D eigenvalue weighted by atomic mass is 16.4. The molecule has 1 aromatic carbocycles. The summed E-state index contributed by atoms with van der Waals surface area (Å²) in [4.78, 5) is 38.5. The van der Waals surface area contributed by atoms with Crippen LogP contribution in [0.1, 0.15) is 30.4 Å². The predicted octanol–water partition coefficient (Wildman–Crippen LogP) is 1.52. The lowest BCUT2D eigenvalue weighted by atomic mass is 9.92. The topological polar surface area (TPSA) is 138 Å². The van der Waals surface area contributed by atoms with Crippen LogP contribution < -0.4 is 16.1 Å². The van der Waals surface area contributed by atoms with E-state index in [1.54, 1.807) is 11.0 Å². The number of nitrogens with two attached hydrogens (primary N) is 1. The number of carbonyl (C=O) groups is 3. The summed E-state index contributed by atoms with van der Waals surface area (Å²) in [5.74, 6) is 2.92. The Morgan fingerprint density at radius 3 is 2.73 bits per heavy atom. The minimum atomic E-state index is -1.14. The second kappa shape index (κ2) is 9.73. The van der Waals surface area contributed by atoms with Gasteiger partial charge in [-0.2, -0.15) is 5.10 Å². The molecule has 0 bridgehead atoms. The monoisotopic (exact) mass is 412 g/mol. The van der Waals surface area contributed by atoms with E-state index in [0.29, 0.717) is 18.5 Å². The lowest BCUT2D eigenvalue weighted by molar-refractivity contribution is -0.142. The van der Waals surface area contributed by atoms with E-state index >= 15 is 0 Å². The van der Waals surface area contributed by atoms with Crippen LogP contribution in [0.4, 0.5) is 5.69 Å². The van der Waals surface area contributed by atoms with Gasteiger partial charge in [0.1, 0.15) is 6.04 Å². The van der Waals surface area contributed by atoms with Gasteiger partial charge in [-0.15, -0.1) is 0 Å². The molecule has 1 aliphatic heterocycles. The maximum Gasteiger partial charge on any atom is 0.326 e. The molecule has 30 heavy (non-hydrogen) atoms. The van der Waals surface area contributed by atoms with Crippen molar-refractivity contribution >= 4 is 29.7 Å². The zero-order valence-corrected chi connectivity index (χ0v) is 16.4. The van der Waals surface area contributed by atoms with Crippen LogP contribution in [-0.4, -0.2) is 41.7 Å². The van der Waals surface area contributed by atoms with E-state index in [1.807, 2.05) is 24.3 Å². The number of benzene rings is 1. The van der Waals surface area contributed by atoms with Gasteiger partial charge in [0.25, 0.3) is 0 Å². The largest absolute Gasteiger partial charge is 0.480 e. The number of carboxylic acid groups (broad SMARTS) is 1. The van der Waals surface area contributed by atoms with Crippen molar-refractivity contribution in [2.45, 2.75) is 31.7 Å². The van der Waals surface area contributed by atoms with Gasteiger partial charge < -0.3 is 25.6 Å². The third kappa shape index (κ3) is 5.25. The molecule has 1 fully saturated rings. The van der Waals surface area contributed by atoms with Crippen molar-refractivity contribution in [3.63, 3.8) is 0 Å². The zero-order valence-electron chi connectivity index (χ0n) is 16.4. The number of rotatable bonds is 8. The quantitative estimate of drug-likeness (QED) is 0.341. The maximum atomic E-state index is 12.9. The van der Waals surface area contributed by atoms with Gasteiger partial charge in [-0.3, -0.25) is 9.59 Å². The standard InChI is InChI=1S/C21H24N4O5/c22-23-12-14-3-5-17(6-4-14)25-8-1-2-16(20(25)27)11-19(26)24-18(21(28)29)10-15-7-9-30-13-15/h3-7,9,12-13,16,18H,1-2,8,10-11,22H2,(H,24,26)(H,28,29). The van der Waals surface area contributed by atoms with Gasteiger partial charge in [-0.25, -0.2) is 4.79 Å². The number of hydrogen-bond acceptors (Lipinski definition) is 6. The van der Waals surface area contributed by atoms with Crippen LogP contribution in [0.2, 0.25) is 0 Å². The first kappa shape index (κ1) is 21.1. The molecule has 2 amide bonds. The molecule has 4 N–H and O–H groups in total. The van der Waals surface area contributed by atoms with E-state index in [2.05, 4.69) is 10.4 Å². The third-order valence-electron chi connectivity index (χ3n) is 5.06. The molecule has 1 saturated heterocycles. The molecule has 0 aliphatic carbocycles. The average Bonchev–Trinajstić information content (AvgIpc) is 3.23. The minimum absolute atomic E-state index is 0.0532. The Kier molecular flexibility index (Phi) is 6.84. The van der Waals surface area contributed by atoms with Crippen molar-refractivity contribution in [2.24, 2.45) is 16.9 Å². The fourth-order valence-corrected chi connectivity index (χ4v) is 3.54. The molecule has 3 rings (SSSR count). The molecule has 2 heterocycles. The van der Waals surface area contributed by atoms with Crippen LogP contribution in [0, 0.1) is 5.92 Å². The smallest absolute Gasteiger partial charge is 0.326 e. The fraction of sp³-hybridized carbons (Fsp3) is 0.333. The van der Waals surface area contributed by atoms with Gasteiger partial charge in [0.2, 0.25) is 11.8 Å². The molecule has 2 aromatic rings. The van der Waals surface area contributed by atoms with E-state index in [-0.39, 0.29) is 18.7 Å². The molecule has 9 nitrogen and oxygen atoms in total. The number of amides is 2. The molecule has 2 atom stereocenters. The predicted molar refractivity (Wildman–Crippen MR) is 110 cm³/mol. The number of carbonyl (C=O) groups excluding carboxylic acids is 2. The van der Waals surface area contributed by atoms with E-state index < -0.39 is 23.8 Å². The maximum absolute atomic E-state index is 12.9. The van der Waals surface area contributed by atoms with Crippen molar-refractivity contribution in [3.05, 3.63) is 54.0 Å². The summed E-state index contributed by atoms with van der Waals surface area (Å²) in [7, 11) is 0. The lowest BCUT2D eigenvalue weighted by Crippen LogP contribution is -2.46. The number of hydrogen-bond donors (Lipinski definition) is 3. The number of furan rings is 1. The van der Waals surface area contributed by atoms with Crippen molar-refractivity contribution in [1.29, 1.82) is 0 Å². The molecule has 158 valence electrons. The van der Waals surface area contributed by atoms with E-state index in [1.165, 1.54) is 18.7 Å². The van der Waals surface area contributed by atoms with Crippen molar-refractivity contribution in [3.8, 4) is 0 Å². The Morgan fingerprint density at radius 2 is 2.10 bits per heavy atom. The first-order valence-electron chi connectivity index (χ1n) is 9.66. The number of carboxylic acids is 1. The molecular weight excluding hydrogens is 388 g/mol. The first-order chi connectivity index (χ1) is 14.5. The summed E-state index contributed by atoms with van der Waals surface area (Å²) in [6.07, 6.45) is 5.80. The minimum Gasteiger partial charge on any atom is -0.480 e. The van der Waals surface area contributed by atoms with E-state index in [4.69, 9.17) is 10.3 Å². The SMILES string of the molecule is NN=Cc1ccc(N2CCCC(CC(=O)NC(Cc3ccoc3)C(=O)O)C2=O)cc1. The third-order valence-corrected chi connectivity index (χ3v) is 5.06. The molecular formula is C21H24N4O5. The number of anilines is 1. The second-order valence-electron chi connectivity index (χ2n) is 7.20. The summed E-state index contributed by atoms with van der Waals surface area (Å²) < 4.78 is 4.94. The number of aliphatic carboxylic acids is 1. The average molecular weight is 412 g/mol. The second-order valence-corrected chi connectivity index (χ2v) is 7.20. The Labute approximate surface area is 173 Å². The van der Waals surface area contributed by atoms with Crippen LogP contribution in [0.3, 0.4) is 0 Å². The van der Waals surface area contributed by atoms with Crippen LogP contribution in [-0.2, 0) is 20.8 Å². The summed E-state index contributed by atoms with van der Waals surface area (Å²) in [5, 5.41) is 15.4.